The molecule has 32 heavy (non-hydrogen) atoms. The summed E-state index contributed by atoms with van der Waals surface area (Å²) in [6.07, 6.45) is 5.76. The highest BCUT2D eigenvalue weighted by Gasteiger charge is 2.51. The molecule has 0 bridgehead atoms. The Kier molecular flexibility index (Phi) is 7.97. The molecule has 6 heteroatoms. The van der Waals surface area contributed by atoms with E-state index in [0.717, 1.165) is 12.8 Å². The predicted octanol–water partition coefficient (Wildman–Crippen LogP) is 5.07. The predicted molar refractivity (Wildman–Crippen MR) is 127 cm³/mol. The van der Waals surface area contributed by atoms with Crippen LogP contribution in [0.3, 0.4) is 0 Å². The van der Waals surface area contributed by atoms with E-state index < -0.39 is 22.7 Å². The van der Waals surface area contributed by atoms with Gasteiger partial charge in [0.25, 0.3) is 0 Å². The molecule has 4 N–H and O–H groups in total. The lowest BCUT2D eigenvalue weighted by Crippen LogP contribution is -2.56. The molecule has 176 valence electrons. The summed E-state index contributed by atoms with van der Waals surface area (Å²) in [6.45, 7) is 10.8. The van der Waals surface area contributed by atoms with Crippen molar-refractivity contribution in [2.45, 2.75) is 84.3 Å². The third kappa shape index (κ3) is 5.25. The number of fused-ring (bicyclic) bond motifs is 1. The van der Waals surface area contributed by atoms with E-state index >= 15 is 0 Å². The zero-order valence-electron chi connectivity index (χ0n) is 19.9. The monoisotopic (exact) mass is 444 g/mol. The summed E-state index contributed by atoms with van der Waals surface area (Å²) in [5.74, 6) is -0.474. The van der Waals surface area contributed by atoms with Gasteiger partial charge in [-0.1, -0.05) is 23.3 Å². The minimum absolute atomic E-state index is 0.0266. The van der Waals surface area contributed by atoms with Crippen molar-refractivity contribution in [1.82, 2.24) is 0 Å². The SMILES string of the molecule is CC(C)=CCC/C(C)=C/CCC(C)(O)C(C)(c1c(O)c2ccc(O)cc2oc1=O)C(C)O. The van der Waals surface area contributed by atoms with Gasteiger partial charge in [-0.05, 0) is 79.4 Å². The molecule has 0 spiro atoms. The molecule has 0 saturated heterocycles. The van der Waals surface area contributed by atoms with Crippen molar-refractivity contribution in [2.75, 3.05) is 0 Å². The van der Waals surface area contributed by atoms with E-state index in [-0.39, 0.29) is 34.5 Å². The molecule has 0 radical (unpaired) electrons. The second kappa shape index (κ2) is 9.92. The number of hydrogen-bond acceptors (Lipinski definition) is 6. The number of aliphatic hydroxyl groups excluding tert-OH is 1. The number of aromatic hydroxyl groups is 2. The molecule has 0 aliphatic heterocycles. The lowest BCUT2D eigenvalue weighted by Gasteiger charge is -2.44. The maximum absolute atomic E-state index is 12.9. The molecule has 3 atom stereocenters. The van der Waals surface area contributed by atoms with Gasteiger partial charge in [0, 0.05) is 6.07 Å². The summed E-state index contributed by atoms with van der Waals surface area (Å²) in [5, 5.41) is 43.0. The van der Waals surface area contributed by atoms with E-state index in [1.807, 2.05) is 6.92 Å². The Morgan fingerprint density at radius 3 is 2.38 bits per heavy atom. The first-order valence-electron chi connectivity index (χ1n) is 11.0. The molecule has 0 fully saturated rings. The highest BCUT2D eigenvalue weighted by atomic mass is 16.4. The molecular weight excluding hydrogens is 408 g/mol. The van der Waals surface area contributed by atoms with Crippen molar-refractivity contribution in [1.29, 1.82) is 0 Å². The lowest BCUT2D eigenvalue weighted by molar-refractivity contribution is -0.0773. The molecule has 6 nitrogen and oxygen atoms in total. The Morgan fingerprint density at radius 1 is 1.12 bits per heavy atom. The number of rotatable bonds is 9. The minimum Gasteiger partial charge on any atom is -0.508 e. The Balaban J connectivity index is 2.42. The highest BCUT2D eigenvalue weighted by molar-refractivity contribution is 5.85. The van der Waals surface area contributed by atoms with Crippen LogP contribution in [-0.2, 0) is 5.41 Å². The van der Waals surface area contributed by atoms with Gasteiger partial charge in [-0.15, -0.1) is 0 Å². The van der Waals surface area contributed by atoms with Gasteiger partial charge >= 0.3 is 5.63 Å². The van der Waals surface area contributed by atoms with Crippen LogP contribution in [0.4, 0.5) is 0 Å². The molecule has 0 aliphatic carbocycles. The number of hydrogen-bond donors (Lipinski definition) is 4. The Morgan fingerprint density at radius 2 is 1.78 bits per heavy atom. The maximum atomic E-state index is 12.9. The first-order chi connectivity index (χ1) is 14.8. The quantitative estimate of drug-likeness (QED) is 0.318. The fourth-order valence-electron chi connectivity index (χ4n) is 4.11. The summed E-state index contributed by atoms with van der Waals surface area (Å²) in [4.78, 5) is 12.9. The summed E-state index contributed by atoms with van der Waals surface area (Å²) in [6, 6.07) is 4.04. The summed E-state index contributed by atoms with van der Waals surface area (Å²) >= 11 is 0. The molecule has 3 unspecified atom stereocenters. The van der Waals surface area contributed by atoms with Gasteiger partial charge in [0.05, 0.1) is 28.1 Å². The largest absolute Gasteiger partial charge is 0.508 e. The molecule has 0 aliphatic rings. The zero-order valence-corrected chi connectivity index (χ0v) is 19.9. The Hall–Kier alpha value is -2.57. The second-order valence-electron chi connectivity index (χ2n) is 9.36. The van der Waals surface area contributed by atoms with E-state index in [2.05, 4.69) is 26.0 Å². The number of allylic oxidation sites excluding steroid dienone is 4. The van der Waals surface area contributed by atoms with Crippen LogP contribution in [0, 0.1) is 0 Å². The summed E-state index contributed by atoms with van der Waals surface area (Å²) < 4.78 is 5.34. The third-order valence-corrected chi connectivity index (χ3v) is 6.55. The molecule has 2 rings (SSSR count). The average molecular weight is 445 g/mol. The number of benzene rings is 1. The second-order valence-corrected chi connectivity index (χ2v) is 9.36. The first kappa shape index (κ1) is 25.7. The Labute approximate surface area is 189 Å². The van der Waals surface area contributed by atoms with E-state index in [0.29, 0.717) is 6.42 Å². The van der Waals surface area contributed by atoms with Crippen LogP contribution in [0.15, 0.2) is 50.7 Å². The first-order valence-corrected chi connectivity index (χ1v) is 11.0. The van der Waals surface area contributed by atoms with Crippen LogP contribution in [0.1, 0.15) is 72.8 Å². The average Bonchev–Trinajstić information content (AvgIpc) is 2.66. The minimum atomic E-state index is -1.53. The smallest absolute Gasteiger partial charge is 0.344 e. The van der Waals surface area contributed by atoms with Crippen molar-refractivity contribution in [2.24, 2.45) is 0 Å². The van der Waals surface area contributed by atoms with E-state index in [1.54, 1.807) is 13.8 Å². The number of phenolic OH excluding ortho intramolecular Hbond substituents is 1. The van der Waals surface area contributed by atoms with Crippen molar-refractivity contribution < 1.29 is 24.8 Å². The van der Waals surface area contributed by atoms with Crippen LogP contribution >= 0.6 is 0 Å². The lowest BCUT2D eigenvalue weighted by atomic mass is 9.64. The topological polar surface area (TPSA) is 111 Å². The van der Waals surface area contributed by atoms with E-state index in [9.17, 15) is 25.2 Å². The van der Waals surface area contributed by atoms with Crippen LogP contribution in [0.5, 0.6) is 11.5 Å². The van der Waals surface area contributed by atoms with Crippen LogP contribution in [-0.4, -0.2) is 32.1 Å². The molecule has 2 aromatic rings. The molecule has 0 amide bonds. The standard InChI is InChI=1S/C26H36O6/c1-16(2)9-7-10-17(3)11-8-14-25(5,31)26(6,18(4)27)22-23(29)20-13-12-19(28)15-21(20)32-24(22)30/h9,11-13,15,18,27-29,31H,7-8,10,14H2,1-6H3/b17-11+. The van der Waals surface area contributed by atoms with Crippen LogP contribution in [0.2, 0.25) is 0 Å². The van der Waals surface area contributed by atoms with Gasteiger partial charge in [0.2, 0.25) is 0 Å². The van der Waals surface area contributed by atoms with Gasteiger partial charge in [-0.25, -0.2) is 4.79 Å². The van der Waals surface area contributed by atoms with Gasteiger partial charge in [0.15, 0.2) is 0 Å². The summed E-state index contributed by atoms with van der Waals surface area (Å²) in [7, 11) is 0. The van der Waals surface area contributed by atoms with Gasteiger partial charge in [-0.2, -0.15) is 0 Å². The van der Waals surface area contributed by atoms with Gasteiger partial charge in [-0.3, -0.25) is 0 Å². The fourth-order valence-corrected chi connectivity index (χ4v) is 4.11. The summed E-state index contributed by atoms with van der Waals surface area (Å²) in [5.41, 5.74) is -1.58. The Bertz CT molecular complexity index is 1070. The maximum Gasteiger partial charge on any atom is 0.344 e. The fraction of sp³-hybridized carbons (Fsp3) is 0.500. The van der Waals surface area contributed by atoms with Crippen molar-refractivity contribution in [3.05, 3.63) is 57.5 Å². The van der Waals surface area contributed by atoms with Crippen molar-refractivity contribution in [3.8, 4) is 11.5 Å². The molecule has 1 heterocycles. The number of aliphatic hydroxyl groups is 2. The normalized spacial score (nSPS) is 16.9. The van der Waals surface area contributed by atoms with Gasteiger partial charge in [0.1, 0.15) is 17.1 Å². The van der Waals surface area contributed by atoms with Crippen molar-refractivity contribution >= 4 is 11.0 Å². The molecule has 1 aromatic carbocycles. The third-order valence-electron chi connectivity index (χ3n) is 6.55. The zero-order chi connectivity index (χ0) is 24.3. The molecule has 0 saturated carbocycles. The van der Waals surface area contributed by atoms with Gasteiger partial charge < -0.3 is 24.8 Å². The molecule has 1 aromatic heterocycles. The van der Waals surface area contributed by atoms with Crippen LogP contribution < -0.4 is 5.63 Å². The van der Waals surface area contributed by atoms with E-state index in [4.69, 9.17) is 4.42 Å². The highest BCUT2D eigenvalue weighted by Crippen LogP contribution is 2.45. The van der Waals surface area contributed by atoms with Crippen LogP contribution in [0.25, 0.3) is 11.0 Å². The number of phenols is 1. The molecular formula is C26H36O6. The van der Waals surface area contributed by atoms with Crippen molar-refractivity contribution in [3.63, 3.8) is 0 Å². The van der Waals surface area contributed by atoms with E-state index in [1.165, 1.54) is 36.3 Å².